The van der Waals surface area contributed by atoms with E-state index in [0.717, 1.165) is 25.9 Å². The third-order valence-corrected chi connectivity index (χ3v) is 3.53. The molecular formula is C14H20N2O3. The summed E-state index contributed by atoms with van der Waals surface area (Å²) in [6.45, 7) is 2.68. The summed E-state index contributed by atoms with van der Waals surface area (Å²) >= 11 is 0. The average molecular weight is 264 g/mol. The SMILES string of the molecule is CN1CCCC(CNC(=O)c2cccc(O)c2O)C1. The molecule has 1 aliphatic heterocycles. The molecule has 1 heterocycles. The fraction of sp³-hybridized carbons (Fsp3) is 0.500. The summed E-state index contributed by atoms with van der Waals surface area (Å²) in [6.07, 6.45) is 2.26. The molecule has 0 spiro atoms. The smallest absolute Gasteiger partial charge is 0.255 e. The van der Waals surface area contributed by atoms with Gasteiger partial charge in [-0.1, -0.05) is 6.07 Å². The second kappa shape index (κ2) is 5.93. The van der Waals surface area contributed by atoms with Gasteiger partial charge in [-0.15, -0.1) is 0 Å². The van der Waals surface area contributed by atoms with E-state index in [2.05, 4.69) is 17.3 Å². The monoisotopic (exact) mass is 264 g/mol. The van der Waals surface area contributed by atoms with Crippen molar-refractivity contribution in [1.29, 1.82) is 0 Å². The van der Waals surface area contributed by atoms with E-state index >= 15 is 0 Å². The van der Waals surface area contributed by atoms with Crippen molar-refractivity contribution >= 4 is 5.91 Å². The normalized spacial score (nSPS) is 20.2. The van der Waals surface area contributed by atoms with Gasteiger partial charge in [0, 0.05) is 13.1 Å². The molecule has 1 aromatic carbocycles. The summed E-state index contributed by atoms with van der Waals surface area (Å²) in [5, 5.41) is 21.8. The van der Waals surface area contributed by atoms with Gasteiger partial charge in [-0.05, 0) is 44.5 Å². The minimum Gasteiger partial charge on any atom is -0.504 e. The summed E-state index contributed by atoms with van der Waals surface area (Å²) in [5.41, 5.74) is 0.115. The Balaban J connectivity index is 1.92. The van der Waals surface area contributed by atoms with E-state index in [1.807, 2.05) is 0 Å². The fourth-order valence-electron chi connectivity index (χ4n) is 2.49. The zero-order valence-corrected chi connectivity index (χ0v) is 11.1. The van der Waals surface area contributed by atoms with Crippen LogP contribution in [0.3, 0.4) is 0 Å². The molecule has 19 heavy (non-hydrogen) atoms. The van der Waals surface area contributed by atoms with Gasteiger partial charge in [0.1, 0.15) is 0 Å². The molecule has 104 valence electrons. The predicted octanol–water partition coefficient (Wildman–Crippen LogP) is 1.17. The van der Waals surface area contributed by atoms with Crippen LogP contribution in [0.4, 0.5) is 0 Å². The van der Waals surface area contributed by atoms with Crippen molar-refractivity contribution in [2.45, 2.75) is 12.8 Å². The first kappa shape index (κ1) is 13.7. The quantitative estimate of drug-likeness (QED) is 0.717. The number of phenols is 2. The molecule has 1 atom stereocenters. The Labute approximate surface area is 112 Å². The van der Waals surface area contributed by atoms with Crippen LogP contribution in [0.2, 0.25) is 0 Å². The third-order valence-electron chi connectivity index (χ3n) is 3.53. The zero-order chi connectivity index (χ0) is 13.8. The lowest BCUT2D eigenvalue weighted by Gasteiger charge is -2.29. The van der Waals surface area contributed by atoms with Crippen molar-refractivity contribution in [2.75, 3.05) is 26.7 Å². The number of amides is 1. The molecule has 3 N–H and O–H groups in total. The van der Waals surface area contributed by atoms with Gasteiger partial charge in [0.15, 0.2) is 11.5 Å². The highest BCUT2D eigenvalue weighted by Gasteiger charge is 2.19. The number of hydrogen-bond acceptors (Lipinski definition) is 4. The Hall–Kier alpha value is -1.75. The van der Waals surface area contributed by atoms with Crippen LogP contribution < -0.4 is 5.32 Å². The number of carbonyl (C=O) groups excluding carboxylic acids is 1. The molecule has 5 heteroatoms. The highest BCUT2D eigenvalue weighted by Crippen LogP contribution is 2.28. The van der Waals surface area contributed by atoms with Crippen LogP contribution in [0.1, 0.15) is 23.2 Å². The summed E-state index contributed by atoms with van der Waals surface area (Å²) in [7, 11) is 2.08. The van der Waals surface area contributed by atoms with Crippen LogP contribution in [-0.4, -0.2) is 47.7 Å². The molecule has 1 saturated heterocycles. The van der Waals surface area contributed by atoms with Gasteiger partial charge in [-0.2, -0.15) is 0 Å². The van der Waals surface area contributed by atoms with Crippen LogP contribution in [0.25, 0.3) is 0 Å². The Morgan fingerprint density at radius 1 is 1.47 bits per heavy atom. The standard InChI is InChI=1S/C14H20N2O3/c1-16-7-3-4-10(9-16)8-15-14(19)11-5-2-6-12(17)13(11)18/h2,5-6,10,17-18H,3-4,7-9H2,1H3,(H,15,19). The van der Waals surface area contributed by atoms with Crippen molar-refractivity contribution in [2.24, 2.45) is 5.92 Å². The minimum atomic E-state index is -0.360. The van der Waals surface area contributed by atoms with Crippen molar-refractivity contribution < 1.29 is 15.0 Å². The van der Waals surface area contributed by atoms with Gasteiger partial charge in [0.25, 0.3) is 5.91 Å². The Morgan fingerprint density at radius 3 is 3.00 bits per heavy atom. The number of piperidine rings is 1. The molecule has 1 aliphatic rings. The number of rotatable bonds is 3. The lowest BCUT2D eigenvalue weighted by atomic mass is 9.98. The molecule has 1 unspecified atom stereocenters. The molecular weight excluding hydrogens is 244 g/mol. The molecule has 0 aliphatic carbocycles. The lowest BCUT2D eigenvalue weighted by Crippen LogP contribution is -2.39. The number of benzene rings is 1. The first-order valence-electron chi connectivity index (χ1n) is 6.55. The number of carbonyl (C=O) groups is 1. The predicted molar refractivity (Wildman–Crippen MR) is 72.3 cm³/mol. The minimum absolute atomic E-state index is 0.115. The van der Waals surface area contributed by atoms with Gasteiger partial charge in [-0.3, -0.25) is 4.79 Å². The second-order valence-corrected chi connectivity index (χ2v) is 5.15. The van der Waals surface area contributed by atoms with Gasteiger partial charge in [0.05, 0.1) is 5.56 Å². The lowest BCUT2D eigenvalue weighted by molar-refractivity contribution is 0.0933. The van der Waals surface area contributed by atoms with E-state index in [-0.39, 0.29) is 23.0 Å². The van der Waals surface area contributed by atoms with E-state index in [4.69, 9.17) is 0 Å². The first-order valence-corrected chi connectivity index (χ1v) is 6.55. The fourth-order valence-corrected chi connectivity index (χ4v) is 2.49. The van der Waals surface area contributed by atoms with E-state index in [1.165, 1.54) is 12.1 Å². The Kier molecular flexibility index (Phi) is 4.27. The van der Waals surface area contributed by atoms with Crippen molar-refractivity contribution in [3.05, 3.63) is 23.8 Å². The summed E-state index contributed by atoms with van der Waals surface area (Å²) < 4.78 is 0. The van der Waals surface area contributed by atoms with E-state index in [9.17, 15) is 15.0 Å². The summed E-state index contributed by atoms with van der Waals surface area (Å²) in [5.74, 6) is -0.533. The maximum Gasteiger partial charge on any atom is 0.255 e. The number of nitrogens with zero attached hydrogens (tertiary/aromatic N) is 1. The van der Waals surface area contributed by atoms with Gasteiger partial charge < -0.3 is 20.4 Å². The van der Waals surface area contributed by atoms with E-state index in [0.29, 0.717) is 12.5 Å². The van der Waals surface area contributed by atoms with Gasteiger partial charge in [-0.25, -0.2) is 0 Å². The van der Waals surface area contributed by atoms with Crippen LogP contribution >= 0.6 is 0 Å². The zero-order valence-electron chi connectivity index (χ0n) is 11.1. The van der Waals surface area contributed by atoms with Crippen molar-refractivity contribution in [3.63, 3.8) is 0 Å². The van der Waals surface area contributed by atoms with Crippen LogP contribution in [-0.2, 0) is 0 Å². The molecule has 5 nitrogen and oxygen atoms in total. The number of nitrogens with one attached hydrogen (secondary N) is 1. The van der Waals surface area contributed by atoms with Gasteiger partial charge in [0.2, 0.25) is 0 Å². The molecule has 0 radical (unpaired) electrons. The highest BCUT2D eigenvalue weighted by molar-refractivity contribution is 5.97. The van der Waals surface area contributed by atoms with E-state index < -0.39 is 0 Å². The third kappa shape index (κ3) is 3.38. The van der Waals surface area contributed by atoms with Crippen LogP contribution in [0, 0.1) is 5.92 Å². The number of para-hydroxylation sites is 1. The number of hydrogen-bond donors (Lipinski definition) is 3. The number of phenolic OH excluding ortho intramolecular Hbond substituents is 2. The molecule has 0 aromatic heterocycles. The van der Waals surface area contributed by atoms with Crippen molar-refractivity contribution in [3.8, 4) is 11.5 Å². The molecule has 0 bridgehead atoms. The van der Waals surface area contributed by atoms with Crippen LogP contribution in [0.5, 0.6) is 11.5 Å². The highest BCUT2D eigenvalue weighted by atomic mass is 16.3. The van der Waals surface area contributed by atoms with E-state index in [1.54, 1.807) is 6.07 Å². The number of likely N-dealkylation sites (tertiary alicyclic amines) is 1. The largest absolute Gasteiger partial charge is 0.504 e. The molecule has 1 amide bonds. The topological polar surface area (TPSA) is 72.8 Å². The molecule has 2 rings (SSSR count). The van der Waals surface area contributed by atoms with Crippen LogP contribution in [0.15, 0.2) is 18.2 Å². The molecule has 0 saturated carbocycles. The molecule has 1 aromatic rings. The Morgan fingerprint density at radius 2 is 2.26 bits per heavy atom. The summed E-state index contributed by atoms with van der Waals surface area (Å²) in [4.78, 5) is 14.2. The first-order chi connectivity index (χ1) is 9.08. The maximum atomic E-state index is 11.9. The van der Waals surface area contributed by atoms with Crippen molar-refractivity contribution in [1.82, 2.24) is 10.2 Å². The summed E-state index contributed by atoms with van der Waals surface area (Å²) in [6, 6.07) is 4.39. The second-order valence-electron chi connectivity index (χ2n) is 5.15. The maximum absolute atomic E-state index is 11.9. The molecule has 1 fully saturated rings. The van der Waals surface area contributed by atoms with Gasteiger partial charge >= 0.3 is 0 Å². The number of aromatic hydroxyl groups is 2. The average Bonchev–Trinajstić information content (AvgIpc) is 2.39. The Bertz CT molecular complexity index is 462.